The highest BCUT2D eigenvalue weighted by Crippen LogP contribution is 2.42. The Morgan fingerprint density at radius 1 is 0.806 bits per heavy atom. The fourth-order valence-electron chi connectivity index (χ4n) is 5.52. The first-order valence-corrected chi connectivity index (χ1v) is 11.3. The van der Waals surface area contributed by atoms with E-state index in [1.165, 1.54) is 37.1 Å². The number of fused-ring (bicyclic) bond motifs is 3. The van der Waals surface area contributed by atoms with E-state index in [0.717, 1.165) is 11.4 Å². The van der Waals surface area contributed by atoms with E-state index in [9.17, 15) is 0 Å². The van der Waals surface area contributed by atoms with Gasteiger partial charge in [-0.15, -0.1) is 0 Å². The molecule has 6 rings (SSSR count). The van der Waals surface area contributed by atoms with Crippen LogP contribution < -0.4 is 15.6 Å². The first kappa shape index (κ1) is 20.1. The van der Waals surface area contributed by atoms with Gasteiger partial charge >= 0.3 is 0 Å². The lowest BCUT2D eigenvalue weighted by atomic mass is 9.71. The SMILES string of the molecule is COc1ccccc1NNC1C2CCN(CC2)C1C(c1ccccc1)c1ccccc1. The number of rotatable bonds is 7. The van der Waals surface area contributed by atoms with Crippen molar-refractivity contribution in [2.24, 2.45) is 5.92 Å². The van der Waals surface area contributed by atoms with Crippen LogP contribution in [0.25, 0.3) is 0 Å². The number of hydrogen-bond donors (Lipinski definition) is 2. The Morgan fingerprint density at radius 2 is 1.39 bits per heavy atom. The van der Waals surface area contributed by atoms with Crippen LogP contribution in [0.4, 0.5) is 5.69 Å². The monoisotopic (exact) mass is 413 g/mol. The Hall–Kier alpha value is -2.82. The summed E-state index contributed by atoms with van der Waals surface area (Å²) in [5, 5.41) is 0. The van der Waals surface area contributed by atoms with E-state index in [2.05, 4.69) is 82.5 Å². The molecule has 2 bridgehead atoms. The lowest BCUT2D eigenvalue weighted by Crippen LogP contribution is -2.65. The first-order valence-electron chi connectivity index (χ1n) is 11.3. The Morgan fingerprint density at radius 3 is 2.00 bits per heavy atom. The van der Waals surface area contributed by atoms with Crippen LogP contribution in [-0.2, 0) is 0 Å². The Balaban J connectivity index is 1.49. The Bertz CT molecular complexity index is 931. The van der Waals surface area contributed by atoms with Crippen LogP contribution in [0.1, 0.15) is 29.9 Å². The van der Waals surface area contributed by atoms with Gasteiger partial charge < -0.3 is 10.2 Å². The fraction of sp³-hybridized carbons (Fsp3) is 0.333. The van der Waals surface area contributed by atoms with E-state index in [0.29, 0.717) is 23.9 Å². The maximum atomic E-state index is 5.55. The molecule has 0 radical (unpaired) electrons. The van der Waals surface area contributed by atoms with Gasteiger partial charge in [0.25, 0.3) is 0 Å². The smallest absolute Gasteiger partial charge is 0.143 e. The van der Waals surface area contributed by atoms with Gasteiger partial charge in [0, 0.05) is 18.0 Å². The van der Waals surface area contributed by atoms with Crippen molar-refractivity contribution in [2.45, 2.75) is 30.8 Å². The minimum Gasteiger partial charge on any atom is -0.495 e. The number of ether oxygens (including phenoxy) is 1. The average Bonchev–Trinajstić information content (AvgIpc) is 2.85. The summed E-state index contributed by atoms with van der Waals surface area (Å²) in [5.41, 5.74) is 11.0. The number of methoxy groups -OCH3 is 1. The van der Waals surface area contributed by atoms with E-state index in [-0.39, 0.29) is 0 Å². The van der Waals surface area contributed by atoms with Gasteiger partial charge in [0.1, 0.15) is 5.75 Å². The van der Waals surface area contributed by atoms with Crippen molar-refractivity contribution in [3.8, 4) is 5.75 Å². The van der Waals surface area contributed by atoms with Gasteiger partial charge in [0.2, 0.25) is 0 Å². The highest BCUT2D eigenvalue weighted by molar-refractivity contribution is 5.55. The average molecular weight is 414 g/mol. The van der Waals surface area contributed by atoms with Gasteiger partial charge in [0.15, 0.2) is 0 Å². The number of para-hydroxylation sites is 2. The summed E-state index contributed by atoms with van der Waals surface area (Å²) in [6, 6.07) is 30.8. The molecule has 3 aliphatic rings. The van der Waals surface area contributed by atoms with Gasteiger partial charge in [-0.1, -0.05) is 72.8 Å². The Kier molecular flexibility index (Phi) is 5.92. The molecular formula is C27H31N3O. The number of nitrogens with one attached hydrogen (secondary N) is 2. The predicted octanol–water partition coefficient (Wildman–Crippen LogP) is 4.91. The number of piperidine rings is 3. The second-order valence-corrected chi connectivity index (χ2v) is 8.66. The van der Waals surface area contributed by atoms with Crippen molar-refractivity contribution in [1.82, 2.24) is 10.3 Å². The molecule has 0 aromatic heterocycles. The number of nitrogens with zero attached hydrogens (tertiary/aromatic N) is 1. The molecule has 0 amide bonds. The molecule has 4 nitrogen and oxygen atoms in total. The molecule has 2 unspecified atom stereocenters. The maximum Gasteiger partial charge on any atom is 0.143 e. The molecule has 0 saturated carbocycles. The quantitative estimate of drug-likeness (QED) is 0.540. The molecule has 31 heavy (non-hydrogen) atoms. The topological polar surface area (TPSA) is 36.5 Å². The molecule has 0 aliphatic carbocycles. The van der Waals surface area contributed by atoms with E-state index in [1.54, 1.807) is 7.11 Å². The van der Waals surface area contributed by atoms with Crippen molar-refractivity contribution in [2.75, 3.05) is 25.6 Å². The van der Waals surface area contributed by atoms with Crippen LogP contribution in [0.2, 0.25) is 0 Å². The molecule has 3 aromatic rings. The van der Waals surface area contributed by atoms with Gasteiger partial charge in [-0.2, -0.15) is 0 Å². The Labute approximate surface area is 185 Å². The minimum absolute atomic E-state index is 0.322. The zero-order chi connectivity index (χ0) is 21.0. The molecule has 2 atom stereocenters. The molecule has 2 N–H and O–H groups in total. The summed E-state index contributed by atoms with van der Waals surface area (Å²) in [4.78, 5) is 2.70. The zero-order valence-corrected chi connectivity index (χ0v) is 18.1. The summed E-state index contributed by atoms with van der Waals surface area (Å²) in [6.45, 7) is 2.36. The fourth-order valence-corrected chi connectivity index (χ4v) is 5.52. The zero-order valence-electron chi connectivity index (χ0n) is 18.1. The number of hydrazine groups is 1. The second kappa shape index (κ2) is 9.13. The van der Waals surface area contributed by atoms with E-state index in [1.807, 2.05) is 18.2 Å². The molecule has 3 aliphatic heterocycles. The second-order valence-electron chi connectivity index (χ2n) is 8.66. The third kappa shape index (κ3) is 4.06. The van der Waals surface area contributed by atoms with Crippen molar-refractivity contribution in [3.63, 3.8) is 0 Å². The van der Waals surface area contributed by atoms with Gasteiger partial charge in [-0.25, -0.2) is 5.43 Å². The van der Waals surface area contributed by atoms with Crippen LogP contribution in [-0.4, -0.2) is 37.2 Å². The summed E-state index contributed by atoms with van der Waals surface area (Å²) in [5.74, 6) is 1.84. The van der Waals surface area contributed by atoms with Crippen molar-refractivity contribution < 1.29 is 4.74 Å². The third-order valence-electron chi connectivity index (χ3n) is 7.01. The molecule has 3 fully saturated rings. The van der Waals surface area contributed by atoms with Crippen LogP contribution in [0.15, 0.2) is 84.9 Å². The normalized spacial score (nSPS) is 24.8. The molecular weight excluding hydrogens is 382 g/mol. The molecule has 0 spiro atoms. The third-order valence-corrected chi connectivity index (χ3v) is 7.01. The summed E-state index contributed by atoms with van der Waals surface area (Å²) in [6.07, 6.45) is 2.50. The molecule has 4 heteroatoms. The standard InChI is InChI=1S/C27H31N3O/c1-31-24-15-9-8-14-23(24)28-29-26-22-16-18-30(19-17-22)27(26)25(20-10-4-2-5-11-20)21-12-6-3-7-13-21/h2-15,22,25-29H,16-19H2,1H3. The maximum absolute atomic E-state index is 5.55. The van der Waals surface area contributed by atoms with Crippen molar-refractivity contribution in [3.05, 3.63) is 96.1 Å². The summed E-state index contributed by atoms with van der Waals surface area (Å²) in [7, 11) is 1.72. The lowest BCUT2D eigenvalue weighted by molar-refractivity contribution is 0.00818. The van der Waals surface area contributed by atoms with Crippen LogP contribution in [0, 0.1) is 5.92 Å². The molecule has 3 saturated heterocycles. The highest BCUT2D eigenvalue weighted by atomic mass is 16.5. The van der Waals surface area contributed by atoms with Crippen molar-refractivity contribution >= 4 is 5.69 Å². The summed E-state index contributed by atoms with van der Waals surface area (Å²) < 4.78 is 5.55. The number of hydrogen-bond acceptors (Lipinski definition) is 4. The van der Waals surface area contributed by atoms with E-state index >= 15 is 0 Å². The first-order chi connectivity index (χ1) is 15.3. The van der Waals surface area contributed by atoms with Crippen molar-refractivity contribution in [1.29, 1.82) is 0 Å². The van der Waals surface area contributed by atoms with Crippen LogP contribution in [0.5, 0.6) is 5.75 Å². The largest absolute Gasteiger partial charge is 0.495 e. The van der Waals surface area contributed by atoms with Gasteiger partial charge in [-0.05, 0) is 55.1 Å². The van der Waals surface area contributed by atoms with Gasteiger partial charge in [0.05, 0.1) is 12.8 Å². The molecule has 3 aromatic carbocycles. The highest BCUT2D eigenvalue weighted by Gasteiger charge is 2.46. The number of benzene rings is 3. The lowest BCUT2D eigenvalue weighted by Gasteiger charge is -2.54. The summed E-state index contributed by atoms with van der Waals surface area (Å²) >= 11 is 0. The van der Waals surface area contributed by atoms with Crippen LogP contribution in [0.3, 0.4) is 0 Å². The van der Waals surface area contributed by atoms with E-state index in [4.69, 9.17) is 4.74 Å². The minimum atomic E-state index is 0.322. The van der Waals surface area contributed by atoms with Crippen LogP contribution >= 0.6 is 0 Å². The number of anilines is 1. The molecule has 160 valence electrons. The van der Waals surface area contributed by atoms with Gasteiger partial charge in [-0.3, -0.25) is 4.90 Å². The predicted molar refractivity (Wildman–Crippen MR) is 126 cm³/mol. The molecule has 3 heterocycles. The van der Waals surface area contributed by atoms with E-state index < -0.39 is 0 Å².